The molecule has 1 atom stereocenters. The molecule has 0 radical (unpaired) electrons. The molecule has 0 saturated heterocycles. The third-order valence-electron chi connectivity index (χ3n) is 5.25. The third kappa shape index (κ3) is 5.58. The zero-order valence-corrected chi connectivity index (χ0v) is 19.1. The Morgan fingerprint density at radius 3 is 2.30 bits per heavy atom. The number of fused-ring (bicyclic) bond motifs is 1. The molecule has 174 valence electrons. The number of rotatable bonds is 10. The lowest BCUT2D eigenvalue weighted by Crippen LogP contribution is -2.35. The van der Waals surface area contributed by atoms with Gasteiger partial charge in [-0.05, 0) is 50.1 Å². The zero-order valence-electron chi connectivity index (χ0n) is 19.1. The highest BCUT2D eigenvalue weighted by Crippen LogP contribution is 2.27. The van der Waals surface area contributed by atoms with Crippen molar-refractivity contribution in [1.29, 1.82) is 0 Å². The Balaban J connectivity index is 1.73. The third-order valence-corrected chi connectivity index (χ3v) is 5.25. The van der Waals surface area contributed by atoms with Crippen molar-refractivity contribution in [1.82, 2.24) is 10.2 Å². The lowest BCUT2D eigenvalue weighted by molar-refractivity contribution is -0.124. The molecule has 33 heavy (non-hydrogen) atoms. The highest BCUT2D eigenvalue weighted by molar-refractivity contribution is 6.21. The van der Waals surface area contributed by atoms with Gasteiger partial charge in [-0.25, -0.2) is 4.79 Å². The van der Waals surface area contributed by atoms with Gasteiger partial charge < -0.3 is 14.8 Å². The first-order valence-electron chi connectivity index (χ1n) is 11.0. The minimum absolute atomic E-state index is 0.00590. The van der Waals surface area contributed by atoms with Crippen LogP contribution in [0.5, 0.6) is 5.75 Å². The number of carbonyl (C=O) groups excluding carboxylic acids is 4. The number of esters is 1. The number of hydrogen-bond donors (Lipinski definition) is 1. The number of amides is 3. The van der Waals surface area contributed by atoms with Crippen molar-refractivity contribution in [2.24, 2.45) is 0 Å². The summed E-state index contributed by atoms with van der Waals surface area (Å²) in [6.45, 7) is 5.60. The molecule has 0 saturated carbocycles. The van der Waals surface area contributed by atoms with Crippen LogP contribution in [0.4, 0.5) is 0 Å². The Morgan fingerprint density at radius 2 is 1.70 bits per heavy atom. The number of nitrogens with zero attached hydrogens (tertiary/aromatic N) is 1. The highest BCUT2D eigenvalue weighted by Gasteiger charge is 2.35. The molecular formula is C25H28N2O6. The molecule has 0 bridgehead atoms. The maximum atomic E-state index is 12.7. The maximum Gasteiger partial charge on any atom is 0.342 e. The van der Waals surface area contributed by atoms with E-state index in [1.54, 1.807) is 43.3 Å². The summed E-state index contributed by atoms with van der Waals surface area (Å²) < 4.78 is 10.7. The summed E-state index contributed by atoms with van der Waals surface area (Å²) in [6, 6.07) is 11.4. The number of benzene rings is 2. The molecule has 3 amide bonds. The Labute approximate surface area is 192 Å². The van der Waals surface area contributed by atoms with Crippen molar-refractivity contribution < 1.29 is 28.7 Å². The Morgan fingerprint density at radius 1 is 1.03 bits per heavy atom. The van der Waals surface area contributed by atoms with Gasteiger partial charge in [-0.3, -0.25) is 19.3 Å². The van der Waals surface area contributed by atoms with Gasteiger partial charge in [0.25, 0.3) is 17.7 Å². The normalized spacial score (nSPS) is 13.5. The van der Waals surface area contributed by atoms with E-state index in [-0.39, 0.29) is 35.9 Å². The second kappa shape index (κ2) is 10.8. The van der Waals surface area contributed by atoms with Gasteiger partial charge in [0.15, 0.2) is 6.61 Å². The average molecular weight is 453 g/mol. The van der Waals surface area contributed by atoms with Crippen LogP contribution < -0.4 is 10.1 Å². The second-order valence-electron chi connectivity index (χ2n) is 7.84. The molecule has 8 heteroatoms. The van der Waals surface area contributed by atoms with Gasteiger partial charge in [-0.15, -0.1) is 0 Å². The molecule has 2 aromatic rings. The van der Waals surface area contributed by atoms with Gasteiger partial charge >= 0.3 is 5.97 Å². The summed E-state index contributed by atoms with van der Waals surface area (Å²) in [4.78, 5) is 51.2. The second-order valence-corrected chi connectivity index (χ2v) is 7.84. The Hall–Kier alpha value is -3.68. The lowest BCUT2D eigenvalue weighted by atomic mass is 10.1. The molecule has 1 N–H and O–H groups in total. The lowest BCUT2D eigenvalue weighted by Gasteiger charge is -2.16. The van der Waals surface area contributed by atoms with Gasteiger partial charge in [0.2, 0.25) is 0 Å². The summed E-state index contributed by atoms with van der Waals surface area (Å²) in [7, 11) is 0. The summed E-state index contributed by atoms with van der Waals surface area (Å²) in [5.74, 6) is -1.57. The van der Waals surface area contributed by atoms with Crippen LogP contribution >= 0.6 is 0 Å². The molecule has 0 aliphatic carbocycles. The molecule has 8 nitrogen and oxygen atoms in total. The minimum atomic E-state index is -0.721. The van der Waals surface area contributed by atoms with E-state index in [2.05, 4.69) is 5.32 Å². The van der Waals surface area contributed by atoms with Crippen molar-refractivity contribution in [3.8, 4) is 5.75 Å². The first-order valence-corrected chi connectivity index (χ1v) is 11.0. The fourth-order valence-corrected chi connectivity index (χ4v) is 3.71. The van der Waals surface area contributed by atoms with Gasteiger partial charge in [0, 0.05) is 6.04 Å². The Kier molecular flexibility index (Phi) is 7.82. The topological polar surface area (TPSA) is 102 Å². The average Bonchev–Trinajstić information content (AvgIpc) is 3.03. The molecule has 0 spiro atoms. The summed E-state index contributed by atoms with van der Waals surface area (Å²) in [5.41, 5.74) is 1.40. The zero-order chi connectivity index (χ0) is 24.0. The highest BCUT2D eigenvalue weighted by atomic mass is 16.5. The van der Waals surface area contributed by atoms with Crippen LogP contribution in [0.3, 0.4) is 0 Å². The monoisotopic (exact) mass is 452 g/mol. The minimum Gasteiger partial charge on any atom is -0.493 e. The summed E-state index contributed by atoms with van der Waals surface area (Å²) in [6.07, 6.45) is 1.76. The predicted molar refractivity (Wildman–Crippen MR) is 121 cm³/mol. The van der Waals surface area contributed by atoms with E-state index in [0.717, 1.165) is 17.7 Å². The standard InChI is InChI=1S/C25H28N2O6/c1-4-8-16(3)26-22(28)15-33-25(31)20-13-17(11-12-21(20)32-5-2)14-27-23(29)18-9-6-7-10-19(18)24(27)30/h6-7,9-13,16H,4-5,8,14-15H2,1-3H3,(H,26,28). The van der Waals surface area contributed by atoms with E-state index in [4.69, 9.17) is 9.47 Å². The van der Waals surface area contributed by atoms with Crippen LogP contribution in [0.15, 0.2) is 42.5 Å². The molecule has 1 aliphatic rings. The van der Waals surface area contributed by atoms with Crippen LogP contribution in [0, 0.1) is 0 Å². The van der Waals surface area contributed by atoms with E-state index in [1.807, 2.05) is 13.8 Å². The fraction of sp³-hybridized carbons (Fsp3) is 0.360. The number of imide groups is 1. The van der Waals surface area contributed by atoms with E-state index in [9.17, 15) is 19.2 Å². The smallest absolute Gasteiger partial charge is 0.342 e. The van der Waals surface area contributed by atoms with Crippen molar-refractivity contribution in [2.75, 3.05) is 13.2 Å². The van der Waals surface area contributed by atoms with Gasteiger partial charge in [-0.1, -0.05) is 31.5 Å². The maximum absolute atomic E-state index is 12.7. The van der Waals surface area contributed by atoms with Crippen LogP contribution in [0.25, 0.3) is 0 Å². The first-order chi connectivity index (χ1) is 15.8. The molecule has 1 heterocycles. The predicted octanol–water partition coefficient (Wildman–Crippen LogP) is 3.34. The van der Waals surface area contributed by atoms with Gasteiger partial charge in [0.05, 0.1) is 24.3 Å². The van der Waals surface area contributed by atoms with Crippen LogP contribution in [0.1, 0.15) is 70.3 Å². The van der Waals surface area contributed by atoms with Crippen molar-refractivity contribution in [2.45, 2.75) is 46.2 Å². The van der Waals surface area contributed by atoms with E-state index >= 15 is 0 Å². The molecule has 3 rings (SSSR count). The number of ether oxygens (including phenoxy) is 2. The number of carbonyl (C=O) groups is 4. The first kappa shape index (κ1) is 24.0. The largest absolute Gasteiger partial charge is 0.493 e. The number of hydrogen-bond acceptors (Lipinski definition) is 6. The van der Waals surface area contributed by atoms with Crippen molar-refractivity contribution in [3.05, 3.63) is 64.7 Å². The SMILES string of the molecule is CCCC(C)NC(=O)COC(=O)c1cc(CN2C(=O)c3ccccc3C2=O)ccc1OCC. The van der Waals surface area contributed by atoms with Crippen LogP contribution in [0.2, 0.25) is 0 Å². The fourth-order valence-electron chi connectivity index (χ4n) is 3.71. The van der Waals surface area contributed by atoms with Crippen LogP contribution in [-0.4, -0.2) is 47.8 Å². The van der Waals surface area contributed by atoms with Gasteiger partial charge in [-0.2, -0.15) is 0 Å². The number of nitrogens with one attached hydrogen (secondary N) is 1. The van der Waals surface area contributed by atoms with E-state index < -0.39 is 12.6 Å². The molecule has 1 unspecified atom stereocenters. The molecule has 2 aromatic carbocycles. The molecule has 0 fully saturated rings. The van der Waals surface area contributed by atoms with Gasteiger partial charge in [0.1, 0.15) is 11.3 Å². The van der Waals surface area contributed by atoms with E-state index in [1.165, 1.54) is 6.07 Å². The quantitative estimate of drug-likeness (QED) is 0.438. The Bertz CT molecular complexity index is 1030. The van der Waals surface area contributed by atoms with Crippen molar-refractivity contribution >= 4 is 23.7 Å². The molecule has 1 aliphatic heterocycles. The molecular weight excluding hydrogens is 424 g/mol. The molecule has 0 aromatic heterocycles. The van der Waals surface area contributed by atoms with Crippen molar-refractivity contribution in [3.63, 3.8) is 0 Å². The summed E-state index contributed by atoms with van der Waals surface area (Å²) >= 11 is 0. The van der Waals surface area contributed by atoms with Crippen LogP contribution in [-0.2, 0) is 16.1 Å². The summed E-state index contributed by atoms with van der Waals surface area (Å²) in [5, 5.41) is 2.78. The van der Waals surface area contributed by atoms with E-state index in [0.29, 0.717) is 29.0 Å².